The summed E-state index contributed by atoms with van der Waals surface area (Å²) < 4.78 is 5.69. The Hall–Kier alpha value is -2.40. The third-order valence-electron chi connectivity index (χ3n) is 3.19. The lowest BCUT2D eigenvalue weighted by atomic mass is 10.0. The molecule has 2 atom stereocenters. The molecular weight excluding hydrogens is 266 g/mol. The molecule has 1 amide bonds. The highest BCUT2D eigenvalue weighted by Crippen LogP contribution is 2.23. The van der Waals surface area contributed by atoms with Crippen LogP contribution in [0.25, 0.3) is 0 Å². The number of ether oxygens (including phenoxy) is 1. The number of hydrogen-bond donors (Lipinski definition) is 2. The quantitative estimate of drug-likeness (QED) is 0.885. The number of aromatic nitrogens is 1. The first-order chi connectivity index (χ1) is 10.1. The van der Waals surface area contributed by atoms with Gasteiger partial charge in [-0.15, -0.1) is 0 Å². The maximum Gasteiger partial charge on any atom is 0.228 e. The number of benzene rings is 1. The van der Waals surface area contributed by atoms with Gasteiger partial charge in [0.1, 0.15) is 11.5 Å². The normalized spacial score (nSPS) is 13.3. The molecule has 21 heavy (non-hydrogen) atoms. The fourth-order valence-corrected chi connectivity index (χ4v) is 1.67. The van der Waals surface area contributed by atoms with Gasteiger partial charge < -0.3 is 15.8 Å². The van der Waals surface area contributed by atoms with Crippen molar-refractivity contribution in [3.8, 4) is 11.5 Å². The van der Waals surface area contributed by atoms with Crippen molar-refractivity contribution in [2.45, 2.75) is 19.9 Å². The van der Waals surface area contributed by atoms with Gasteiger partial charge in [-0.1, -0.05) is 13.0 Å². The Morgan fingerprint density at radius 1 is 1.19 bits per heavy atom. The van der Waals surface area contributed by atoms with E-state index in [2.05, 4.69) is 10.3 Å². The van der Waals surface area contributed by atoms with Crippen molar-refractivity contribution in [3.63, 3.8) is 0 Å². The lowest BCUT2D eigenvalue weighted by molar-refractivity contribution is -0.119. The molecule has 0 aliphatic rings. The second kappa shape index (κ2) is 6.85. The standard InChI is InChI=1S/C16H19N3O2/c1-11(12(2)17)16(20)19-13-4-3-5-15(10-13)21-14-6-8-18-9-7-14/h3-12H,17H2,1-2H3,(H,19,20). The smallest absolute Gasteiger partial charge is 0.228 e. The number of pyridine rings is 1. The topological polar surface area (TPSA) is 77.2 Å². The zero-order valence-electron chi connectivity index (χ0n) is 12.1. The van der Waals surface area contributed by atoms with Gasteiger partial charge >= 0.3 is 0 Å². The van der Waals surface area contributed by atoms with E-state index in [1.54, 1.807) is 37.5 Å². The van der Waals surface area contributed by atoms with Gasteiger partial charge in [0.25, 0.3) is 0 Å². The van der Waals surface area contributed by atoms with Crippen molar-refractivity contribution < 1.29 is 9.53 Å². The summed E-state index contributed by atoms with van der Waals surface area (Å²) in [5.41, 5.74) is 6.41. The van der Waals surface area contributed by atoms with Crippen LogP contribution in [0.15, 0.2) is 48.8 Å². The average Bonchev–Trinajstić information content (AvgIpc) is 2.47. The van der Waals surface area contributed by atoms with Gasteiger partial charge in [-0.2, -0.15) is 0 Å². The first kappa shape index (κ1) is 15.0. The monoisotopic (exact) mass is 285 g/mol. The summed E-state index contributed by atoms with van der Waals surface area (Å²) in [6, 6.07) is 10.6. The number of carbonyl (C=O) groups is 1. The van der Waals surface area contributed by atoms with E-state index in [4.69, 9.17) is 10.5 Å². The molecular formula is C16H19N3O2. The Bertz CT molecular complexity index is 599. The minimum atomic E-state index is -0.255. The summed E-state index contributed by atoms with van der Waals surface area (Å²) >= 11 is 0. The van der Waals surface area contributed by atoms with E-state index >= 15 is 0 Å². The molecule has 1 heterocycles. The Morgan fingerprint density at radius 2 is 1.90 bits per heavy atom. The van der Waals surface area contributed by atoms with Crippen molar-refractivity contribution >= 4 is 11.6 Å². The maximum atomic E-state index is 12.0. The van der Waals surface area contributed by atoms with Crippen LogP contribution in [-0.4, -0.2) is 16.9 Å². The van der Waals surface area contributed by atoms with Gasteiger partial charge in [-0.05, 0) is 31.2 Å². The summed E-state index contributed by atoms with van der Waals surface area (Å²) in [5, 5.41) is 2.84. The number of nitrogens with two attached hydrogens (primary N) is 1. The molecule has 1 aromatic heterocycles. The van der Waals surface area contributed by atoms with Crippen LogP contribution in [0.1, 0.15) is 13.8 Å². The minimum absolute atomic E-state index is 0.105. The predicted molar refractivity (Wildman–Crippen MR) is 82.2 cm³/mol. The van der Waals surface area contributed by atoms with E-state index in [0.29, 0.717) is 17.2 Å². The third kappa shape index (κ3) is 4.29. The van der Waals surface area contributed by atoms with Gasteiger partial charge in [-0.3, -0.25) is 9.78 Å². The summed E-state index contributed by atoms with van der Waals surface area (Å²) in [7, 11) is 0. The lowest BCUT2D eigenvalue weighted by Crippen LogP contribution is -2.34. The van der Waals surface area contributed by atoms with E-state index in [9.17, 15) is 4.79 Å². The molecule has 0 saturated carbocycles. The van der Waals surface area contributed by atoms with Crippen LogP contribution in [0.4, 0.5) is 5.69 Å². The highest BCUT2D eigenvalue weighted by molar-refractivity contribution is 5.92. The number of nitrogens with one attached hydrogen (secondary N) is 1. The Kier molecular flexibility index (Phi) is 4.90. The first-order valence-corrected chi connectivity index (χ1v) is 6.80. The number of hydrogen-bond acceptors (Lipinski definition) is 4. The molecule has 2 aromatic rings. The second-order valence-corrected chi connectivity index (χ2v) is 4.95. The molecule has 2 unspecified atom stereocenters. The maximum absolute atomic E-state index is 12.0. The molecule has 2 rings (SSSR count). The summed E-state index contributed by atoms with van der Waals surface area (Å²) in [6.07, 6.45) is 3.32. The van der Waals surface area contributed by atoms with Crippen molar-refractivity contribution in [2.24, 2.45) is 11.7 Å². The Morgan fingerprint density at radius 3 is 2.57 bits per heavy atom. The van der Waals surface area contributed by atoms with E-state index < -0.39 is 0 Å². The lowest BCUT2D eigenvalue weighted by Gasteiger charge is -2.15. The Balaban J connectivity index is 2.06. The van der Waals surface area contributed by atoms with Gasteiger partial charge in [0.2, 0.25) is 5.91 Å². The van der Waals surface area contributed by atoms with E-state index in [1.807, 2.05) is 25.1 Å². The van der Waals surface area contributed by atoms with Crippen molar-refractivity contribution in [1.29, 1.82) is 0 Å². The van der Waals surface area contributed by atoms with Gasteiger partial charge in [-0.25, -0.2) is 0 Å². The van der Waals surface area contributed by atoms with Crippen LogP contribution < -0.4 is 15.8 Å². The van der Waals surface area contributed by atoms with Crippen LogP contribution in [0.3, 0.4) is 0 Å². The summed E-state index contributed by atoms with van der Waals surface area (Å²) in [4.78, 5) is 15.9. The van der Waals surface area contributed by atoms with E-state index in [1.165, 1.54) is 0 Å². The van der Waals surface area contributed by atoms with Crippen LogP contribution >= 0.6 is 0 Å². The van der Waals surface area contributed by atoms with Crippen LogP contribution in [0.5, 0.6) is 11.5 Å². The minimum Gasteiger partial charge on any atom is -0.457 e. The predicted octanol–water partition coefficient (Wildman–Crippen LogP) is 2.80. The third-order valence-corrected chi connectivity index (χ3v) is 3.19. The molecule has 5 heteroatoms. The number of nitrogens with zero attached hydrogens (tertiary/aromatic N) is 1. The summed E-state index contributed by atoms with van der Waals surface area (Å²) in [6.45, 7) is 3.62. The molecule has 0 bridgehead atoms. The molecule has 0 radical (unpaired) electrons. The number of carbonyl (C=O) groups excluding carboxylic acids is 1. The molecule has 0 saturated heterocycles. The molecule has 0 aliphatic carbocycles. The van der Waals surface area contributed by atoms with Gasteiger partial charge in [0, 0.05) is 30.2 Å². The molecule has 3 N–H and O–H groups in total. The number of rotatable bonds is 5. The molecule has 0 spiro atoms. The zero-order chi connectivity index (χ0) is 15.2. The largest absolute Gasteiger partial charge is 0.457 e. The first-order valence-electron chi connectivity index (χ1n) is 6.80. The number of anilines is 1. The van der Waals surface area contributed by atoms with Gasteiger partial charge in [0.05, 0.1) is 5.92 Å². The SMILES string of the molecule is CC(N)C(C)C(=O)Nc1cccc(Oc2ccncc2)c1. The number of amides is 1. The fraction of sp³-hybridized carbons (Fsp3) is 0.250. The highest BCUT2D eigenvalue weighted by atomic mass is 16.5. The van der Waals surface area contributed by atoms with Crippen molar-refractivity contribution in [3.05, 3.63) is 48.8 Å². The molecule has 1 aromatic carbocycles. The van der Waals surface area contributed by atoms with Crippen molar-refractivity contribution in [2.75, 3.05) is 5.32 Å². The zero-order valence-corrected chi connectivity index (χ0v) is 12.1. The van der Waals surface area contributed by atoms with E-state index in [-0.39, 0.29) is 17.9 Å². The Labute approximate surface area is 124 Å². The van der Waals surface area contributed by atoms with Crippen LogP contribution in [0, 0.1) is 5.92 Å². The fourth-order valence-electron chi connectivity index (χ4n) is 1.67. The van der Waals surface area contributed by atoms with Crippen LogP contribution in [-0.2, 0) is 4.79 Å². The van der Waals surface area contributed by atoms with Gasteiger partial charge in [0.15, 0.2) is 0 Å². The second-order valence-electron chi connectivity index (χ2n) is 4.95. The summed E-state index contributed by atoms with van der Waals surface area (Å²) in [5.74, 6) is 0.978. The molecule has 0 aliphatic heterocycles. The highest BCUT2D eigenvalue weighted by Gasteiger charge is 2.17. The van der Waals surface area contributed by atoms with E-state index in [0.717, 1.165) is 0 Å². The molecule has 5 nitrogen and oxygen atoms in total. The molecule has 0 fully saturated rings. The average molecular weight is 285 g/mol. The molecule has 110 valence electrons. The van der Waals surface area contributed by atoms with Crippen LogP contribution in [0.2, 0.25) is 0 Å². The van der Waals surface area contributed by atoms with Crippen molar-refractivity contribution in [1.82, 2.24) is 4.98 Å².